The standard InChI is InChI=1S/C28H24Cl2N2O5/c1-5-36-27(35)25(34)31-22-19-14-18(15-10-12-16(29)13-11-15)21(17-8-6-7-9-20(17)30)32-26(19)37-23(22)24(33)28(2,3)4/h6-14H,5H2,1-4H3,(H,31,34). The minimum Gasteiger partial charge on any atom is -0.459 e. The Labute approximate surface area is 223 Å². The number of ketones is 1. The van der Waals surface area contributed by atoms with Crippen LogP contribution in [0.2, 0.25) is 10.0 Å². The van der Waals surface area contributed by atoms with Crippen LogP contribution in [-0.2, 0) is 14.3 Å². The maximum absolute atomic E-state index is 13.3. The van der Waals surface area contributed by atoms with E-state index >= 15 is 0 Å². The van der Waals surface area contributed by atoms with E-state index in [4.69, 9.17) is 37.3 Å². The van der Waals surface area contributed by atoms with Crippen molar-refractivity contribution in [1.29, 1.82) is 0 Å². The normalized spacial score (nSPS) is 11.4. The van der Waals surface area contributed by atoms with Gasteiger partial charge in [-0.25, -0.2) is 9.78 Å². The number of aromatic nitrogens is 1. The van der Waals surface area contributed by atoms with E-state index in [2.05, 4.69) is 5.32 Å². The number of anilines is 1. The van der Waals surface area contributed by atoms with Crippen LogP contribution in [0.25, 0.3) is 33.5 Å². The second-order valence-electron chi connectivity index (χ2n) is 9.28. The Morgan fingerprint density at radius 1 is 1.00 bits per heavy atom. The summed E-state index contributed by atoms with van der Waals surface area (Å²) < 4.78 is 10.8. The molecule has 0 spiro atoms. The SMILES string of the molecule is CCOC(=O)C(=O)Nc1c(C(=O)C(C)(C)C)oc2nc(-c3ccccc3Cl)c(-c3ccc(Cl)cc3)cc12. The van der Waals surface area contributed by atoms with Crippen LogP contribution in [0.1, 0.15) is 38.2 Å². The van der Waals surface area contributed by atoms with E-state index in [9.17, 15) is 14.4 Å². The van der Waals surface area contributed by atoms with E-state index in [0.29, 0.717) is 32.3 Å². The van der Waals surface area contributed by atoms with E-state index in [0.717, 1.165) is 5.56 Å². The number of benzene rings is 2. The summed E-state index contributed by atoms with van der Waals surface area (Å²) in [4.78, 5) is 42.7. The molecule has 2 heterocycles. The molecule has 0 saturated carbocycles. The second kappa shape index (κ2) is 10.4. The highest BCUT2D eigenvalue weighted by Gasteiger charge is 2.33. The monoisotopic (exact) mass is 538 g/mol. The maximum atomic E-state index is 13.3. The number of Topliss-reactive ketones (excluding diaryl/α,β-unsaturated/α-hetero) is 1. The molecule has 0 aliphatic rings. The molecule has 0 bridgehead atoms. The molecule has 0 aliphatic heterocycles. The number of carbonyl (C=O) groups excluding carboxylic acids is 3. The number of halogens is 2. The predicted molar refractivity (Wildman–Crippen MR) is 144 cm³/mol. The molecule has 0 aliphatic carbocycles. The minimum absolute atomic E-state index is 0.0234. The van der Waals surface area contributed by atoms with Gasteiger partial charge in [0.25, 0.3) is 0 Å². The Morgan fingerprint density at radius 2 is 1.68 bits per heavy atom. The summed E-state index contributed by atoms with van der Waals surface area (Å²) in [5.41, 5.74) is 1.86. The molecule has 1 N–H and O–H groups in total. The summed E-state index contributed by atoms with van der Waals surface area (Å²) in [6.45, 7) is 6.78. The topological polar surface area (TPSA) is 98.5 Å². The van der Waals surface area contributed by atoms with Crippen molar-refractivity contribution in [3.05, 3.63) is 70.4 Å². The predicted octanol–water partition coefficient (Wildman–Crippen LogP) is 7.20. The van der Waals surface area contributed by atoms with Crippen LogP contribution in [0.4, 0.5) is 5.69 Å². The Morgan fingerprint density at radius 3 is 2.30 bits per heavy atom. The number of amides is 1. The van der Waals surface area contributed by atoms with Crippen molar-refractivity contribution in [2.75, 3.05) is 11.9 Å². The number of hydrogen-bond donors (Lipinski definition) is 1. The first-order chi connectivity index (χ1) is 17.5. The Hall–Kier alpha value is -3.68. The van der Waals surface area contributed by atoms with Gasteiger partial charge in [0.2, 0.25) is 11.5 Å². The van der Waals surface area contributed by atoms with E-state index in [1.165, 1.54) is 0 Å². The van der Waals surface area contributed by atoms with Crippen LogP contribution in [0, 0.1) is 5.41 Å². The van der Waals surface area contributed by atoms with Crippen molar-refractivity contribution < 1.29 is 23.5 Å². The average molecular weight is 539 g/mol. The van der Waals surface area contributed by atoms with Crippen LogP contribution in [0.3, 0.4) is 0 Å². The van der Waals surface area contributed by atoms with Gasteiger partial charge in [0.15, 0.2) is 5.76 Å². The second-order valence-corrected chi connectivity index (χ2v) is 10.1. The van der Waals surface area contributed by atoms with Gasteiger partial charge in [-0.15, -0.1) is 0 Å². The average Bonchev–Trinajstić information content (AvgIpc) is 3.20. The third-order valence-corrected chi connectivity index (χ3v) is 6.14. The number of furan rings is 1. The number of carbonyl (C=O) groups is 3. The fraction of sp³-hybridized carbons (Fsp3) is 0.214. The van der Waals surface area contributed by atoms with E-state index in [1.807, 2.05) is 30.3 Å². The van der Waals surface area contributed by atoms with E-state index < -0.39 is 17.3 Å². The fourth-order valence-electron chi connectivity index (χ4n) is 3.72. The molecule has 0 radical (unpaired) electrons. The molecule has 2 aromatic carbocycles. The number of esters is 1. The molecular weight excluding hydrogens is 515 g/mol. The van der Waals surface area contributed by atoms with Crippen LogP contribution < -0.4 is 5.32 Å². The number of fused-ring (bicyclic) bond motifs is 1. The van der Waals surface area contributed by atoms with Gasteiger partial charge in [-0.1, -0.05) is 74.3 Å². The molecule has 0 fully saturated rings. The number of hydrogen-bond acceptors (Lipinski definition) is 6. The van der Waals surface area contributed by atoms with Gasteiger partial charge >= 0.3 is 11.9 Å². The van der Waals surface area contributed by atoms with Crippen molar-refractivity contribution >= 4 is 57.6 Å². The lowest BCUT2D eigenvalue weighted by molar-refractivity contribution is -0.152. The lowest BCUT2D eigenvalue weighted by Gasteiger charge is -2.15. The maximum Gasteiger partial charge on any atom is 0.397 e. The van der Waals surface area contributed by atoms with Gasteiger partial charge in [-0.2, -0.15) is 0 Å². The third-order valence-electron chi connectivity index (χ3n) is 5.55. The number of nitrogens with one attached hydrogen (secondary N) is 1. The van der Waals surface area contributed by atoms with Gasteiger partial charge in [-0.3, -0.25) is 9.59 Å². The lowest BCUT2D eigenvalue weighted by atomic mass is 9.88. The Balaban J connectivity index is 2.02. The van der Waals surface area contributed by atoms with Gasteiger partial charge in [0, 0.05) is 26.6 Å². The lowest BCUT2D eigenvalue weighted by Crippen LogP contribution is -2.27. The minimum atomic E-state index is -1.08. The summed E-state index contributed by atoms with van der Waals surface area (Å²) in [6.07, 6.45) is 0. The molecule has 0 unspecified atom stereocenters. The fourth-order valence-corrected chi connectivity index (χ4v) is 4.07. The van der Waals surface area contributed by atoms with Gasteiger partial charge in [0.1, 0.15) is 5.69 Å². The van der Waals surface area contributed by atoms with Crippen LogP contribution in [0.5, 0.6) is 0 Å². The van der Waals surface area contributed by atoms with E-state index in [1.54, 1.807) is 52.0 Å². The van der Waals surface area contributed by atoms with Gasteiger partial charge in [-0.05, 0) is 36.8 Å². The zero-order chi connectivity index (χ0) is 26.9. The molecule has 2 aromatic heterocycles. The van der Waals surface area contributed by atoms with Gasteiger partial charge in [0.05, 0.1) is 17.7 Å². The first-order valence-corrected chi connectivity index (χ1v) is 12.3. The van der Waals surface area contributed by atoms with Crippen molar-refractivity contribution in [3.63, 3.8) is 0 Å². The number of nitrogens with zero attached hydrogens (tertiary/aromatic N) is 1. The number of ether oxygens (including phenoxy) is 1. The van der Waals surface area contributed by atoms with Crippen LogP contribution in [-0.4, -0.2) is 29.3 Å². The molecule has 1 amide bonds. The highest BCUT2D eigenvalue weighted by atomic mass is 35.5. The molecule has 4 aromatic rings. The molecular formula is C28H24Cl2N2O5. The molecule has 4 rings (SSSR count). The Bertz CT molecular complexity index is 1520. The number of rotatable bonds is 5. The molecule has 9 heteroatoms. The van der Waals surface area contributed by atoms with Crippen LogP contribution >= 0.6 is 23.2 Å². The first-order valence-electron chi connectivity index (χ1n) is 11.5. The highest BCUT2D eigenvalue weighted by Crippen LogP contribution is 2.41. The smallest absolute Gasteiger partial charge is 0.397 e. The van der Waals surface area contributed by atoms with Crippen molar-refractivity contribution in [2.24, 2.45) is 5.41 Å². The van der Waals surface area contributed by atoms with Crippen molar-refractivity contribution in [2.45, 2.75) is 27.7 Å². The van der Waals surface area contributed by atoms with Gasteiger partial charge < -0.3 is 14.5 Å². The van der Waals surface area contributed by atoms with Crippen LogP contribution in [0.15, 0.2) is 59.0 Å². The summed E-state index contributed by atoms with van der Waals surface area (Å²) >= 11 is 12.6. The van der Waals surface area contributed by atoms with E-state index in [-0.39, 0.29) is 29.6 Å². The third kappa shape index (κ3) is 5.38. The summed E-state index contributed by atoms with van der Waals surface area (Å²) in [5.74, 6) is -2.61. The first kappa shape index (κ1) is 26.4. The zero-order valence-electron chi connectivity index (χ0n) is 20.6. The highest BCUT2D eigenvalue weighted by molar-refractivity contribution is 6.38. The summed E-state index contributed by atoms with van der Waals surface area (Å²) in [7, 11) is 0. The van der Waals surface area contributed by atoms with Crippen molar-refractivity contribution in [1.82, 2.24) is 4.98 Å². The largest absolute Gasteiger partial charge is 0.459 e. The van der Waals surface area contributed by atoms with Crippen molar-refractivity contribution in [3.8, 4) is 22.4 Å². The molecule has 7 nitrogen and oxygen atoms in total. The molecule has 190 valence electrons. The summed E-state index contributed by atoms with van der Waals surface area (Å²) in [5, 5.41) is 3.88. The molecule has 37 heavy (non-hydrogen) atoms. The molecule has 0 saturated heterocycles. The summed E-state index contributed by atoms with van der Waals surface area (Å²) in [6, 6.07) is 16.1. The quantitative estimate of drug-likeness (QED) is 0.164. The zero-order valence-corrected chi connectivity index (χ0v) is 22.2. The molecule has 0 atom stereocenters. The number of pyridine rings is 1. The Kier molecular flexibility index (Phi) is 7.39.